The minimum Gasteiger partial charge on any atom is -0.309 e. The fourth-order valence-electron chi connectivity index (χ4n) is 2.11. The highest BCUT2D eigenvalue weighted by Gasteiger charge is 2.12. The molecule has 3 heteroatoms. The van der Waals surface area contributed by atoms with E-state index in [9.17, 15) is 0 Å². The molecule has 3 nitrogen and oxygen atoms in total. The van der Waals surface area contributed by atoms with Crippen molar-refractivity contribution >= 4 is 0 Å². The first-order valence-corrected chi connectivity index (χ1v) is 5.73. The summed E-state index contributed by atoms with van der Waals surface area (Å²) in [4.78, 5) is 8.57. The molecule has 0 aromatic carbocycles. The van der Waals surface area contributed by atoms with Crippen LogP contribution in [0.4, 0.5) is 0 Å². The Hall–Kier alpha value is -1.74. The molecule has 0 fully saturated rings. The van der Waals surface area contributed by atoms with Gasteiger partial charge in [0.2, 0.25) is 0 Å². The van der Waals surface area contributed by atoms with Gasteiger partial charge in [-0.3, -0.25) is 9.97 Å². The number of aryl methyl sites for hydroxylation is 2. The summed E-state index contributed by atoms with van der Waals surface area (Å²) >= 11 is 0. The van der Waals surface area contributed by atoms with Crippen LogP contribution in [0.5, 0.6) is 0 Å². The Morgan fingerprint density at radius 1 is 1.12 bits per heavy atom. The van der Waals surface area contributed by atoms with Crippen LogP contribution in [-0.2, 0) is 0 Å². The number of nitrogens with zero attached hydrogens (tertiary/aromatic N) is 2. The Bertz CT molecular complexity index is 474. The standard InChI is InChI=1S/C14H17N3/c1-10-7-13(8-11(2)17-10)14(15-3)12-5-4-6-16-9-12/h4-9,14-15H,1-3H3. The van der Waals surface area contributed by atoms with Gasteiger partial charge in [0.05, 0.1) is 6.04 Å². The topological polar surface area (TPSA) is 37.8 Å². The van der Waals surface area contributed by atoms with Crippen molar-refractivity contribution in [3.05, 3.63) is 59.2 Å². The van der Waals surface area contributed by atoms with Crippen LogP contribution in [0.25, 0.3) is 0 Å². The van der Waals surface area contributed by atoms with Crippen molar-refractivity contribution in [1.82, 2.24) is 15.3 Å². The van der Waals surface area contributed by atoms with Crippen molar-refractivity contribution in [2.75, 3.05) is 7.05 Å². The summed E-state index contributed by atoms with van der Waals surface area (Å²) in [5.74, 6) is 0. The van der Waals surface area contributed by atoms with Crippen LogP contribution in [0.1, 0.15) is 28.6 Å². The summed E-state index contributed by atoms with van der Waals surface area (Å²) in [5.41, 5.74) is 4.48. The molecule has 0 bridgehead atoms. The monoisotopic (exact) mass is 227 g/mol. The quantitative estimate of drug-likeness (QED) is 0.875. The van der Waals surface area contributed by atoms with Crippen LogP contribution in [0.3, 0.4) is 0 Å². The van der Waals surface area contributed by atoms with Crippen LogP contribution in [0, 0.1) is 13.8 Å². The molecule has 0 saturated carbocycles. The van der Waals surface area contributed by atoms with Gasteiger partial charge in [-0.25, -0.2) is 0 Å². The summed E-state index contributed by atoms with van der Waals surface area (Å²) in [5, 5.41) is 3.32. The zero-order chi connectivity index (χ0) is 12.3. The Morgan fingerprint density at radius 2 is 1.82 bits per heavy atom. The Labute approximate surface area is 102 Å². The van der Waals surface area contributed by atoms with E-state index in [0.717, 1.165) is 11.4 Å². The van der Waals surface area contributed by atoms with Gasteiger partial charge in [-0.2, -0.15) is 0 Å². The molecule has 0 radical (unpaired) electrons. The normalized spacial score (nSPS) is 12.4. The first kappa shape index (κ1) is 11.7. The largest absolute Gasteiger partial charge is 0.309 e. The van der Waals surface area contributed by atoms with Gasteiger partial charge in [0.1, 0.15) is 0 Å². The molecule has 1 atom stereocenters. The summed E-state index contributed by atoms with van der Waals surface area (Å²) in [7, 11) is 1.96. The van der Waals surface area contributed by atoms with Gasteiger partial charge in [0.15, 0.2) is 0 Å². The lowest BCUT2D eigenvalue weighted by molar-refractivity contribution is 0.685. The molecule has 0 aliphatic rings. The maximum atomic E-state index is 4.40. The van der Waals surface area contributed by atoms with Gasteiger partial charge in [0.25, 0.3) is 0 Å². The molecule has 1 unspecified atom stereocenters. The molecule has 0 spiro atoms. The Kier molecular flexibility index (Phi) is 3.49. The molecule has 0 aliphatic heterocycles. The zero-order valence-corrected chi connectivity index (χ0v) is 10.4. The summed E-state index contributed by atoms with van der Waals surface area (Å²) in [6, 6.07) is 8.44. The summed E-state index contributed by atoms with van der Waals surface area (Å²) in [6.45, 7) is 4.04. The number of hydrogen-bond donors (Lipinski definition) is 1. The summed E-state index contributed by atoms with van der Waals surface area (Å²) in [6.07, 6.45) is 3.69. The molecule has 0 saturated heterocycles. The van der Waals surface area contributed by atoms with E-state index >= 15 is 0 Å². The molecule has 2 aromatic heterocycles. The molecule has 2 rings (SSSR count). The smallest absolute Gasteiger partial charge is 0.0590 e. The van der Waals surface area contributed by atoms with Gasteiger partial charge in [-0.15, -0.1) is 0 Å². The predicted molar refractivity (Wildman–Crippen MR) is 68.9 cm³/mol. The molecule has 0 amide bonds. The second-order valence-corrected chi connectivity index (χ2v) is 4.19. The van der Waals surface area contributed by atoms with Crippen molar-refractivity contribution in [3.8, 4) is 0 Å². The summed E-state index contributed by atoms with van der Waals surface area (Å²) < 4.78 is 0. The van der Waals surface area contributed by atoms with Crippen molar-refractivity contribution < 1.29 is 0 Å². The average molecular weight is 227 g/mol. The maximum absolute atomic E-state index is 4.40. The van der Waals surface area contributed by atoms with E-state index in [1.54, 1.807) is 6.20 Å². The SMILES string of the molecule is CNC(c1cccnc1)c1cc(C)nc(C)c1. The van der Waals surface area contributed by atoms with Crippen LogP contribution in [0.2, 0.25) is 0 Å². The third kappa shape index (κ3) is 2.68. The number of pyridine rings is 2. The van der Waals surface area contributed by atoms with Crippen molar-refractivity contribution in [3.63, 3.8) is 0 Å². The van der Waals surface area contributed by atoms with E-state index < -0.39 is 0 Å². The van der Waals surface area contributed by atoms with Crippen molar-refractivity contribution in [2.45, 2.75) is 19.9 Å². The van der Waals surface area contributed by atoms with E-state index in [2.05, 4.69) is 33.5 Å². The van der Waals surface area contributed by atoms with E-state index in [1.807, 2.05) is 33.2 Å². The van der Waals surface area contributed by atoms with Crippen molar-refractivity contribution in [2.24, 2.45) is 0 Å². The van der Waals surface area contributed by atoms with Crippen molar-refractivity contribution in [1.29, 1.82) is 0 Å². The molecule has 0 aliphatic carbocycles. The first-order chi connectivity index (χ1) is 8.20. The third-order valence-electron chi connectivity index (χ3n) is 2.74. The molecule has 88 valence electrons. The van der Waals surface area contributed by atoms with E-state index in [4.69, 9.17) is 0 Å². The minimum atomic E-state index is 0.170. The number of nitrogens with one attached hydrogen (secondary N) is 1. The lowest BCUT2D eigenvalue weighted by Crippen LogP contribution is -2.18. The molecule has 1 N–H and O–H groups in total. The minimum absolute atomic E-state index is 0.170. The predicted octanol–water partition coefficient (Wildman–Crippen LogP) is 2.40. The fraction of sp³-hybridized carbons (Fsp3) is 0.286. The highest BCUT2D eigenvalue weighted by molar-refractivity contribution is 5.31. The maximum Gasteiger partial charge on any atom is 0.0590 e. The van der Waals surface area contributed by atoms with Gasteiger partial charge in [0, 0.05) is 23.8 Å². The molecular formula is C14H17N3. The van der Waals surface area contributed by atoms with Crippen LogP contribution in [-0.4, -0.2) is 17.0 Å². The number of rotatable bonds is 3. The Morgan fingerprint density at radius 3 is 2.35 bits per heavy atom. The zero-order valence-electron chi connectivity index (χ0n) is 10.4. The van der Waals surface area contributed by atoms with Gasteiger partial charge in [-0.1, -0.05) is 6.07 Å². The lowest BCUT2D eigenvalue weighted by atomic mass is 10.00. The highest BCUT2D eigenvalue weighted by atomic mass is 14.9. The fourth-order valence-corrected chi connectivity index (χ4v) is 2.11. The van der Waals surface area contributed by atoms with Crippen LogP contribution in [0.15, 0.2) is 36.7 Å². The second kappa shape index (κ2) is 5.06. The first-order valence-electron chi connectivity index (χ1n) is 5.73. The van der Waals surface area contributed by atoms with Gasteiger partial charge in [-0.05, 0) is 50.2 Å². The van der Waals surface area contributed by atoms with Gasteiger partial charge >= 0.3 is 0 Å². The van der Waals surface area contributed by atoms with Crippen LogP contribution >= 0.6 is 0 Å². The lowest BCUT2D eigenvalue weighted by Gasteiger charge is -2.17. The van der Waals surface area contributed by atoms with Gasteiger partial charge < -0.3 is 5.32 Å². The average Bonchev–Trinajstić information content (AvgIpc) is 2.30. The van der Waals surface area contributed by atoms with E-state index in [1.165, 1.54) is 11.1 Å². The van der Waals surface area contributed by atoms with Crippen LogP contribution < -0.4 is 5.32 Å². The van der Waals surface area contributed by atoms with E-state index in [0.29, 0.717) is 0 Å². The Balaban J connectivity index is 2.42. The second-order valence-electron chi connectivity index (χ2n) is 4.19. The number of aromatic nitrogens is 2. The molecule has 2 aromatic rings. The molecule has 2 heterocycles. The third-order valence-corrected chi connectivity index (χ3v) is 2.74. The van der Waals surface area contributed by atoms with E-state index in [-0.39, 0.29) is 6.04 Å². The molecular weight excluding hydrogens is 210 g/mol. The highest BCUT2D eigenvalue weighted by Crippen LogP contribution is 2.21. The number of hydrogen-bond acceptors (Lipinski definition) is 3. The molecule has 17 heavy (non-hydrogen) atoms.